The van der Waals surface area contributed by atoms with Crippen LogP contribution < -0.4 is 5.73 Å². The summed E-state index contributed by atoms with van der Waals surface area (Å²) in [6.07, 6.45) is 1.63. The van der Waals surface area contributed by atoms with Crippen LogP contribution in [-0.4, -0.2) is 14.8 Å². The number of benzene rings is 1. The van der Waals surface area contributed by atoms with Gasteiger partial charge in [0.05, 0.1) is 22.0 Å². The molecule has 3 heterocycles. The van der Waals surface area contributed by atoms with Crippen LogP contribution in [0, 0.1) is 0 Å². The van der Waals surface area contributed by atoms with Crippen LogP contribution >= 0.6 is 11.3 Å². The van der Waals surface area contributed by atoms with Crippen molar-refractivity contribution in [2.24, 2.45) is 7.05 Å². The third-order valence-corrected chi connectivity index (χ3v) is 4.41. The van der Waals surface area contributed by atoms with Crippen LogP contribution in [0.3, 0.4) is 0 Å². The van der Waals surface area contributed by atoms with E-state index >= 15 is 0 Å². The third kappa shape index (κ3) is 1.84. The fourth-order valence-electron chi connectivity index (χ4n) is 2.31. The van der Waals surface area contributed by atoms with Crippen LogP contribution in [0.1, 0.15) is 0 Å². The lowest BCUT2D eigenvalue weighted by atomic mass is 10.2. The van der Waals surface area contributed by atoms with Crippen molar-refractivity contribution in [2.45, 2.75) is 0 Å². The standard InChI is InChI=1S/C15H12N4OS/c1-19-14(16)12(13(18-19)10-6-4-8-20-10)15-17-9-5-2-3-7-11(9)21-15/h2-8H,16H2,1H3. The van der Waals surface area contributed by atoms with E-state index in [1.165, 1.54) is 0 Å². The van der Waals surface area contributed by atoms with Gasteiger partial charge in [-0.3, -0.25) is 4.68 Å². The average molecular weight is 296 g/mol. The first kappa shape index (κ1) is 12.2. The molecule has 1 aromatic carbocycles. The molecule has 0 aliphatic rings. The number of aryl methyl sites for hydroxylation is 1. The van der Waals surface area contributed by atoms with Crippen LogP contribution in [0.2, 0.25) is 0 Å². The van der Waals surface area contributed by atoms with E-state index in [0.29, 0.717) is 11.6 Å². The lowest BCUT2D eigenvalue weighted by Crippen LogP contribution is -1.97. The van der Waals surface area contributed by atoms with Gasteiger partial charge in [-0.2, -0.15) is 5.10 Å². The molecule has 5 nitrogen and oxygen atoms in total. The smallest absolute Gasteiger partial charge is 0.154 e. The SMILES string of the molecule is Cn1nc(-c2ccco2)c(-c2nc3ccccc3s2)c1N. The predicted octanol–water partition coefficient (Wildman–Crippen LogP) is 3.54. The van der Waals surface area contributed by atoms with Crippen molar-refractivity contribution in [3.63, 3.8) is 0 Å². The molecule has 0 amide bonds. The molecular formula is C15H12N4OS. The van der Waals surface area contributed by atoms with Gasteiger partial charge in [-0.05, 0) is 24.3 Å². The van der Waals surface area contributed by atoms with Crippen molar-refractivity contribution in [3.8, 4) is 22.0 Å². The van der Waals surface area contributed by atoms with E-state index in [0.717, 1.165) is 26.5 Å². The molecule has 4 rings (SSSR count). The number of nitrogen functional groups attached to an aromatic ring is 1. The second kappa shape index (κ2) is 4.46. The number of nitrogens with zero attached hydrogens (tertiary/aromatic N) is 3. The minimum Gasteiger partial charge on any atom is -0.463 e. The summed E-state index contributed by atoms with van der Waals surface area (Å²) in [5.74, 6) is 1.28. The fraction of sp³-hybridized carbons (Fsp3) is 0.0667. The monoisotopic (exact) mass is 296 g/mol. The maximum Gasteiger partial charge on any atom is 0.154 e. The summed E-state index contributed by atoms with van der Waals surface area (Å²) in [6, 6.07) is 11.7. The van der Waals surface area contributed by atoms with Crippen molar-refractivity contribution in [1.82, 2.24) is 14.8 Å². The molecule has 2 N–H and O–H groups in total. The van der Waals surface area contributed by atoms with E-state index < -0.39 is 0 Å². The van der Waals surface area contributed by atoms with Crippen molar-refractivity contribution < 1.29 is 4.42 Å². The number of para-hydroxylation sites is 1. The van der Waals surface area contributed by atoms with Crippen LogP contribution in [-0.2, 0) is 7.05 Å². The van der Waals surface area contributed by atoms with Crippen LogP contribution in [0.15, 0.2) is 47.1 Å². The molecule has 104 valence electrons. The molecule has 21 heavy (non-hydrogen) atoms. The first-order chi connectivity index (χ1) is 10.2. The summed E-state index contributed by atoms with van der Waals surface area (Å²) >= 11 is 1.60. The molecule has 6 heteroatoms. The Balaban J connectivity index is 1.99. The van der Waals surface area contributed by atoms with Crippen LogP contribution in [0.4, 0.5) is 5.82 Å². The molecule has 0 aliphatic heterocycles. The summed E-state index contributed by atoms with van der Waals surface area (Å²) in [6.45, 7) is 0. The predicted molar refractivity (Wildman–Crippen MR) is 83.9 cm³/mol. The Morgan fingerprint density at radius 3 is 2.81 bits per heavy atom. The number of aromatic nitrogens is 3. The molecular weight excluding hydrogens is 284 g/mol. The highest BCUT2D eigenvalue weighted by atomic mass is 32.1. The van der Waals surface area contributed by atoms with E-state index in [4.69, 9.17) is 10.2 Å². The molecule has 0 saturated carbocycles. The molecule has 0 bridgehead atoms. The summed E-state index contributed by atoms with van der Waals surface area (Å²) in [4.78, 5) is 4.67. The molecule has 0 radical (unpaired) electrons. The minimum absolute atomic E-state index is 0.584. The molecule has 0 fully saturated rings. The van der Waals surface area contributed by atoms with E-state index in [1.807, 2.05) is 37.4 Å². The maximum atomic E-state index is 6.19. The van der Waals surface area contributed by atoms with Crippen molar-refractivity contribution in [1.29, 1.82) is 0 Å². The summed E-state index contributed by atoms with van der Waals surface area (Å²) < 4.78 is 8.25. The third-order valence-electron chi connectivity index (χ3n) is 3.35. The summed E-state index contributed by atoms with van der Waals surface area (Å²) in [5, 5.41) is 5.32. The van der Waals surface area contributed by atoms with Gasteiger partial charge in [-0.1, -0.05) is 12.1 Å². The summed E-state index contributed by atoms with van der Waals surface area (Å²) in [7, 11) is 1.82. The van der Waals surface area contributed by atoms with E-state index in [-0.39, 0.29) is 0 Å². The van der Waals surface area contributed by atoms with Crippen LogP contribution in [0.25, 0.3) is 32.2 Å². The Morgan fingerprint density at radius 2 is 2.05 bits per heavy atom. The van der Waals surface area contributed by atoms with Gasteiger partial charge < -0.3 is 10.2 Å². The van der Waals surface area contributed by atoms with Gasteiger partial charge in [-0.15, -0.1) is 11.3 Å². The largest absolute Gasteiger partial charge is 0.463 e. The van der Waals surface area contributed by atoms with Crippen molar-refractivity contribution >= 4 is 27.4 Å². The minimum atomic E-state index is 0.584. The second-order valence-electron chi connectivity index (χ2n) is 4.70. The van der Waals surface area contributed by atoms with E-state index in [1.54, 1.807) is 22.3 Å². The van der Waals surface area contributed by atoms with Gasteiger partial charge in [0.15, 0.2) is 5.76 Å². The van der Waals surface area contributed by atoms with Gasteiger partial charge in [0, 0.05) is 7.05 Å². The second-order valence-corrected chi connectivity index (χ2v) is 5.73. The Hall–Kier alpha value is -2.60. The Kier molecular flexibility index (Phi) is 2.58. The number of anilines is 1. The first-order valence-corrected chi connectivity index (χ1v) is 7.28. The Bertz CT molecular complexity index is 888. The fourth-order valence-corrected chi connectivity index (χ4v) is 3.33. The van der Waals surface area contributed by atoms with Crippen molar-refractivity contribution in [2.75, 3.05) is 5.73 Å². The lowest BCUT2D eigenvalue weighted by molar-refractivity contribution is 0.578. The molecule has 0 saturated heterocycles. The average Bonchev–Trinajstić information content (AvgIpc) is 3.18. The molecule has 4 aromatic rings. The number of nitrogens with two attached hydrogens (primary N) is 1. The number of furan rings is 1. The zero-order chi connectivity index (χ0) is 14.4. The Morgan fingerprint density at radius 1 is 1.19 bits per heavy atom. The number of hydrogen-bond acceptors (Lipinski definition) is 5. The topological polar surface area (TPSA) is 69.9 Å². The first-order valence-electron chi connectivity index (χ1n) is 6.46. The molecule has 0 atom stereocenters. The van der Waals surface area contributed by atoms with E-state index in [9.17, 15) is 0 Å². The molecule has 3 aromatic heterocycles. The highest BCUT2D eigenvalue weighted by Gasteiger charge is 2.22. The zero-order valence-corrected chi connectivity index (χ0v) is 12.1. The maximum absolute atomic E-state index is 6.19. The van der Waals surface area contributed by atoms with E-state index in [2.05, 4.69) is 16.1 Å². The number of fused-ring (bicyclic) bond motifs is 1. The van der Waals surface area contributed by atoms with Crippen LogP contribution in [0.5, 0.6) is 0 Å². The van der Waals surface area contributed by atoms with Gasteiger partial charge in [0.25, 0.3) is 0 Å². The number of rotatable bonds is 2. The van der Waals surface area contributed by atoms with Gasteiger partial charge >= 0.3 is 0 Å². The molecule has 0 unspecified atom stereocenters. The molecule has 0 spiro atoms. The highest BCUT2D eigenvalue weighted by molar-refractivity contribution is 7.21. The molecule has 0 aliphatic carbocycles. The number of hydrogen-bond donors (Lipinski definition) is 1. The highest BCUT2D eigenvalue weighted by Crippen LogP contribution is 2.39. The van der Waals surface area contributed by atoms with Gasteiger partial charge in [0.1, 0.15) is 16.5 Å². The normalized spacial score (nSPS) is 11.3. The summed E-state index contributed by atoms with van der Waals surface area (Å²) in [5.41, 5.74) is 8.70. The van der Waals surface area contributed by atoms with Gasteiger partial charge in [0.2, 0.25) is 0 Å². The van der Waals surface area contributed by atoms with Crippen molar-refractivity contribution in [3.05, 3.63) is 42.7 Å². The zero-order valence-electron chi connectivity index (χ0n) is 11.3. The number of thiazole rings is 1. The Labute approximate surface area is 124 Å². The lowest BCUT2D eigenvalue weighted by Gasteiger charge is -1.97. The quantitative estimate of drug-likeness (QED) is 0.614. The van der Waals surface area contributed by atoms with Gasteiger partial charge in [-0.25, -0.2) is 4.98 Å².